The van der Waals surface area contributed by atoms with Crippen LogP contribution < -0.4 is 4.74 Å². The molecular formula is C15H20N2O3. The standard InChI is InChI=1S/C15H20N2O3/c1-10-7-13(5-6-15(10)17(18)19)20-14-8-11-3-4-12(9-14)16(11)2/h5-7,11-12,14H,3-4,8-9H2,1-2H3/t11-,12+,14+. The van der Waals surface area contributed by atoms with Crippen molar-refractivity contribution in [3.05, 3.63) is 33.9 Å². The third-order valence-electron chi connectivity index (χ3n) is 4.72. The molecule has 2 saturated heterocycles. The van der Waals surface area contributed by atoms with Gasteiger partial charge in [0.15, 0.2) is 0 Å². The van der Waals surface area contributed by atoms with Gasteiger partial charge in [0.25, 0.3) is 5.69 Å². The number of nitro groups is 1. The van der Waals surface area contributed by atoms with Crippen LogP contribution in [-0.2, 0) is 0 Å². The topological polar surface area (TPSA) is 55.6 Å². The van der Waals surface area contributed by atoms with Crippen molar-refractivity contribution in [2.75, 3.05) is 7.05 Å². The van der Waals surface area contributed by atoms with Crippen LogP contribution in [0.3, 0.4) is 0 Å². The second kappa shape index (κ2) is 5.05. The van der Waals surface area contributed by atoms with Gasteiger partial charge in [-0.1, -0.05) is 0 Å². The molecule has 5 heteroatoms. The van der Waals surface area contributed by atoms with E-state index in [1.807, 2.05) is 0 Å². The van der Waals surface area contributed by atoms with E-state index < -0.39 is 0 Å². The van der Waals surface area contributed by atoms with Crippen LogP contribution in [0.1, 0.15) is 31.2 Å². The number of nitrogens with zero attached hydrogens (tertiary/aromatic N) is 2. The van der Waals surface area contributed by atoms with Crippen LogP contribution in [0.25, 0.3) is 0 Å². The maximum absolute atomic E-state index is 10.8. The van der Waals surface area contributed by atoms with Gasteiger partial charge in [0.1, 0.15) is 11.9 Å². The Balaban J connectivity index is 1.70. The Kier molecular flexibility index (Phi) is 3.38. The van der Waals surface area contributed by atoms with Gasteiger partial charge in [0.2, 0.25) is 0 Å². The molecule has 0 spiro atoms. The number of rotatable bonds is 3. The molecule has 0 amide bonds. The van der Waals surface area contributed by atoms with Crippen molar-refractivity contribution in [3.63, 3.8) is 0 Å². The molecule has 2 aliphatic rings. The van der Waals surface area contributed by atoms with Gasteiger partial charge in [-0.05, 0) is 51.8 Å². The zero-order valence-corrected chi connectivity index (χ0v) is 11.9. The Morgan fingerprint density at radius 2 is 1.95 bits per heavy atom. The number of hydrogen-bond acceptors (Lipinski definition) is 4. The summed E-state index contributed by atoms with van der Waals surface area (Å²) >= 11 is 0. The average molecular weight is 276 g/mol. The molecule has 0 radical (unpaired) electrons. The summed E-state index contributed by atoms with van der Waals surface area (Å²) in [5, 5.41) is 10.8. The van der Waals surface area contributed by atoms with Gasteiger partial charge in [-0.3, -0.25) is 10.1 Å². The van der Waals surface area contributed by atoms with Gasteiger partial charge in [0.05, 0.1) is 4.92 Å². The van der Waals surface area contributed by atoms with Crippen molar-refractivity contribution in [2.24, 2.45) is 0 Å². The summed E-state index contributed by atoms with van der Waals surface area (Å²) in [5.41, 5.74) is 0.809. The van der Waals surface area contributed by atoms with Crippen molar-refractivity contribution in [2.45, 2.75) is 50.8 Å². The first-order valence-electron chi connectivity index (χ1n) is 7.18. The van der Waals surface area contributed by atoms with Gasteiger partial charge in [-0.15, -0.1) is 0 Å². The molecule has 0 N–H and O–H groups in total. The largest absolute Gasteiger partial charge is 0.490 e. The lowest BCUT2D eigenvalue weighted by atomic mass is 10.0. The van der Waals surface area contributed by atoms with Crippen LogP contribution in [0.5, 0.6) is 5.75 Å². The normalized spacial score (nSPS) is 29.4. The van der Waals surface area contributed by atoms with Gasteiger partial charge in [0, 0.05) is 23.7 Å². The number of aryl methyl sites for hydroxylation is 1. The number of nitro benzene ring substituents is 1. The Morgan fingerprint density at radius 3 is 2.50 bits per heavy atom. The Bertz CT molecular complexity index is 518. The van der Waals surface area contributed by atoms with Crippen molar-refractivity contribution >= 4 is 5.69 Å². The summed E-state index contributed by atoms with van der Waals surface area (Å²) in [6.45, 7) is 1.75. The molecular weight excluding hydrogens is 256 g/mol. The van der Waals surface area contributed by atoms with Crippen LogP contribution in [0, 0.1) is 17.0 Å². The SMILES string of the molecule is Cc1cc(O[C@H]2C[C@H]3CC[C@@H](C2)N3C)ccc1[N+](=O)[O-]. The number of piperidine rings is 1. The van der Waals surface area contributed by atoms with E-state index in [9.17, 15) is 10.1 Å². The quantitative estimate of drug-likeness (QED) is 0.629. The van der Waals surface area contributed by atoms with E-state index in [-0.39, 0.29) is 16.7 Å². The zero-order chi connectivity index (χ0) is 14.3. The van der Waals surface area contributed by atoms with Gasteiger partial charge >= 0.3 is 0 Å². The lowest BCUT2D eigenvalue weighted by Crippen LogP contribution is -2.43. The highest BCUT2D eigenvalue weighted by molar-refractivity contribution is 5.44. The van der Waals surface area contributed by atoms with Crippen LogP contribution in [0.15, 0.2) is 18.2 Å². The lowest BCUT2D eigenvalue weighted by molar-refractivity contribution is -0.385. The summed E-state index contributed by atoms with van der Waals surface area (Å²) in [6.07, 6.45) is 4.89. The first kappa shape index (κ1) is 13.4. The molecule has 1 aromatic carbocycles. The van der Waals surface area contributed by atoms with Crippen molar-refractivity contribution in [1.29, 1.82) is 0 Å². The molecule has 2 bridgehead atoms. The van der Waals surface area contributed by atoms with E-state index in [0.29, 0.717) is 17.6 Å². The highest BCUT2D eigenvalue weighted by atomic mass is 16.6. The molecule has 0 aliphatic carbocycles. The lowest BCUT2D eigenvalue weighted by Gasteiger charge is -2.36. The van der Waals surface area contributed by atoms with E-state index in [1.165, 1.54) is 18.9 Å². The summed E-state index contributed by atoms with van der Waals surface area (Å²) in [7, 11) is 2.20. The van der Waals surface area contributed by atoms with E-state index in [4.69, 9.17) is 4.74 Å². The number of benzene rings is 1. The average Bonchev–Trinajstić information content (AvgIpc) is 2.62. The molecule has 3 atom stereocenters. The van der Waals surface area contributed by atoms with Crippen molar-refractivity contribution < 1.29 is 9.66 Å². The number of ether oxygens (including phenoxy) is 1. The van der Waals surface area contributed by atoms with Crippen LogP contribution in [-0.4, -0.2) is 35.1 Å². The van der Waals surface area contributed by atoms with Gasteiger partial charge in [-0.25, -0.2) is 0 Å². The highest BCUT2D eigenvalue weighted by Crippen LogP contribution is 2.36. The van der Waals surface area contributed by atoms with E-state index in [2.05, 4.69) is 11.9 Å². The Labute approximate surface area is 118 Å². The number of fused-ring (bicyclic) bond motifs is 2. The van der Waals surface area contributed by atoms with Crippen LogP contribution >= 0.6 is 0 Å². The predicted molar refractivity (Wildman–Crippen MR) is 76.1 cm³/mol. The maximum atomic E-state index is 10.8. The van der Waals surface area contributed by atoms with Crippen molar-refractivity contribution in [3.8, 4) is 5.75 Å². The van der Waals surface area contributed by atoms with Crippen molar-refractivity contribution in [1.82, 2.24) is 4.90 Å². The third-order valence-corrected chi connectivity index (χ3v) is 4.72. The summed E-state index contributed by atoms with van der Waals surface area (Å²) in [6, 6.07) is 6.30. The molecule has 2 heterocycles. The van der Waals surface area contributed by atoms with Crippen LogP contribution in [0.4, 0.5) is 5.69 Å². The molecule has 2 aliphatic heterocycles. The maximum Gasteiger partial charge on any atom is 0.272 e. The fourth-order valence-electron chi connectivity index (χ4n) is 3.56. The molecule has 20 heavy (non-hydrogen) atoms. The molecule has 0 saturated carbocycles. The minimum Gasteiger partial charge on any atom is -0.490 e. The minimum absolute atomic E-state index is 0.154. The zero-order valence-electron chi connectivity index (χ0n) is 11.9. The van der Waals surface area contributed by atoms with E-state index in [1.54, 1.807) is 19.1 Å². The highest BCUT2D eigenvalue weighted by Gasteiger charge is 2.39. The second-order valence-electron chi connectivity index (χ2n) is 5.97. The Morgan fingerprint density at radius 1 is 1.30 bits per heavy atom. The predicted octanol–water partition coefficient (Wildman–Crippen LogP) is 2.91. The molecule has 3 rings (SSSR count). The molecule has 0 unspecified atom stereocenters. The molecule has 2 fully saturated rings. The van der Waals surface area contributed by atoms with Crippen LogP contribution in [0.2, 0.25) is 0 Å². The fourth-order valence-corrected chi connectivity index (χ4v) is 3.56. The fraction of sp³-hybridized carbons (Fsp3) is 0.600. The van der Waals surface area contributed by atoms with Gasteiger partial charge < -0.3 is 9.64 Å². The van der Waals surface area contributed by atoms with Gasteiger partial charge in [-0.2, -0.15) is 0 Å². The second-order valence-corrected chi connectivity index (χ2v) is 5.97. The molecule has 5 nitrogen and oxygen atoms in total. The molecule has 1 aromatic rings. The first-order valence-corrected chi connectivity index (χ1v) is 7.18. The summed E-state index contributed by atoms with van der Waals surface area (Å²) in [5.74, 6) is 0.752. The molecule has 108 valence electrons. The first-order chi connectivity index (χ1) is 9.54. The summed E-state index contributed by atoms with van der Waals surface area (Å²) in [4.78, 5) is 12.9. The minimum atomic E-state index is -0.352. The third kappa shape index (κ3) is 2.38. The summed E-state index contributed by atoms with van der Waals surface area (Å²) < 4.78 is 6.05. The molecule has 0 aromatic heterocycles. The van der Waals surface area contributed by atoms with E-state index >= 15 is 0 Å². The monoisotopic (exact) mass is 276 g/mol. The van der Waals surface area contributed by atoms with E-state index in [0.717, 1.165) is 18.6 Å². The Hall–Kier alpha value is -1.62. The smallest absolute Gasteiger partial charge is 0.272 e. The number of hydrogen-bond donors (Lipinski definition) is 0.